The van der Waals surface area contributed by atoms with Gasteiger partial charge in [-0.15, -0.1) is 0 Å². The van der Waals surface area contributed by atoms with Gasteiger partial charge in [-0.05, 0) is 48.8 Å². The van der Waals surface area contributed by atoms with Crippen LogP contribution in [0.1, 0.15) is 54.6 Å². The molecule has 1 saturated carbocycles. The van der Waals surface area contributed by atoms with Crippen molar-refractivity contribution in [1.82, 2.24) is 26.5 Å². The van der Waals surface area contributed by atoms with Crippen LogP contribution < -0.4 is 21.5 Å². The van der Waals surface area contributed by atoms with Crippen LogP contribution in [0.5, 0.6) is 0 Å². The van der Waals surface area contributed by atoms with Gasteiger partial charge >= 0.3 is 0 Å². The number of nitrogens with one attached hydrogen (secondary N) is 4. The van der Waals surface area contributed by atoms with E-state index < -0.39 is 0 Å². The van der Waals surface area contributed by atoms with Gasteiger partial charge < -0.3 is 10.1 Å². The molecule has 1 amide bonds. The average molecular weight is 416 g/mol. The van der Waals surface area contributed by atoms with Crippen LogP contribution in [0.25, 0.3) is 0 Å². The smallest absolute Gasteiger partial charge is 0.226 e. The zero-order chi connectivity index (χ0) is 20.5. The van der Waals surface area contributed by atoms with Gasteiger partial charge in [0.1, 0.15) is 12.4 Å². The van der Waals surface area contributed by atoms with Gasteiger partial charge in [0, 0.05) is 39.3 Å². The number of fused-ring (bicyclic) bond motifs is 1. The van der Waals surface area contributed by atoms with Crippen LogP contribution in [0.4, 0.5) is 0 Å². The standard InChI is InChI=1S/C22H33N5O3/c1-29-10-2-9-27-13-17(12-23-27)21(28)24-19-8-6-15-11-16(5-7-18(15)19)20-25-22(30-26-20)14-3-4-14/h5,7,11,14,17,19-20,22-23,25-26H,2-4,6,8-10,12-13H2,1H3,(H,24,28)/t17?,19-,20?,22?/m1/s1. The lowest BCUT2D eigenvalue weighted by molar-refractivity contribution is -0.125. The van der Waals surface area contributed by atoms with Crippen molar-refractivity contribution in [3.05, 3.63) is 34.9 Å². The number of aryl methyl sites for hydroxylation is 1. The molecule has 4 aliphatic rings. The number of hydroxylamine groups is 1. The number of rotatable bonds is 8. The minimum Gasteiger partial charge on any atom is -0.385 e. The fourth-order valence-electron chi connectivity index (χ4n) is 4.81. The maximum atomic E-state index is 12.8. The summed E-state index contributed by atoms with van der Waals surface area (Å²) < 4.78 is 5.11. The average Bonchev–Trinajstić information content (AvgIpc) is 3.16. The van der Waals surface area contributed by atoms with Crippen LogP contribution >= 0.6 is 0 Å². The largest absolute Gasteiger partial charge is 0.385 e. The van der Waals surface area contributed by atoms with Gasteiger partial charge in [0.25, 0.3) is 0 Å². The maximum Gasteiger partial charge on any atom is 0.226 e. The molecule has 2 heterocycles. The first-order chi connectivity index (χ1) is 14.7. The molecule has 1 aromatic carbocycles. The second-order valence-corrected chi connectivity index (χ2v) is 9.00. The summed E-state index contributed by atoms with van der Waals surface area (Å²) in [6.07, 6.45) is 5.60. The molecular weight excluding hydrogens is 382 g/mol. The SMILES string of the molecule is COCCCN1CC(C(=O)N[C@@H]2CCc3cc(C4NOC(C5CC5)N4)ccc32)CN1. The molecule has 1 aromatic rings. The van der Waals surface area contributed by atoms with Gasteiger partial charge in [-0.1, -0.05) is 18.2 Å². The molecule has 164 valence electrons. The molecule has 0 spiro atoms. The predicted molar refractivity (Wildman–Crippen MR) is 112 cm³/mol. The van der Waals surface area contributed by atoms with E-state index >= 15 is 0 Å². The third-order valence-electron chi connectivity index (χ3n) is 6.74. The molecule has 2 saturated heterocycles. The number of carbonyl (C=O) groups excluding carboxylic acids is 1. The minimum absolute atomic E-state index is 0.000682. The summed E-state index contributed by atoms with van der Waals surface area (Å²) in [5.74, 6) is 0.801. The second kappa shape index (κ2) is 8.90. The number of hydrazine groups is 1. The van der Waals surface area contributed by atoms with Crippen LogP contribution in [0.15, 0.2) is 18.2 Å². The Labute approximate surface area is 178 Å². The highest BCUT2D eigenvalue weighted by Crippen LogP contribution is 2.37. The Bertz CT molecular complexity index is 771. The number of carbonyl (C=O) groups is 1. The molecule has 2 aliphatic heterocycles. The minimum atomic E-state index is -0.000682. The van der Waals surface area contributed by atoms with Gasteiger partial charge in [0.2, 0.25) is 5.91 Å². The summed E-state index contributed by atoms with van der Waals surface area (Å²) in [6.45, 7) is 3.12. The summed E-state index contributed by atoms with van der Waals surface area (Å²) in [5.41, 5.74) is 10.3. The first kappa shape index (κ1) is 20.4. The number of ether oxygens (including phenoxy) is 1. The van der Waals surface area contributed by atoms with E-state index in [-0.39, 0.29) is 30.3 Å². The Morgan fingerprint density at radius 1 is 1.33 bits per heavy atom. The van der Waals surface area contributed by atoms with E-state index in [0.29, 0.717) is 12.5 Å². The summed E-state index contributed by atoms with van der Waals surface area (Å²) >= 11 is 0. The highest BCUT2D eigenvalue weighted by molar-refractivity contribution is 5.80. The van der Waals surface area contributed by atoms with Crippen molar-refractivity contribution < 1.29 is 14.4 Å². The molecule has 0 aromatic heterocycles. The van der Waals surface area contributed by atoms with Crippen LogP contribution in [0.2, 0.25) is 0 Å². The summed E-state index contributed by atoms with van der Waals surface area (Å²) in [7, 11) is 1.72. The number of hydrogen-bond acceptors (Lipinski definition) is 7. The van der Waals surface area contributed by atoms with Crippen molar-refractivity contribution in [2.45, 2.75) is 50.5 Å². The van der Waals surface area contributed by atoms with Crippen LogP contribution in [-0.4, -0.2) is 50.5 Å². The zero-order valence-corrected chi connectivity index (χ0v) is 17.7. The Morgan fingerprint density at radius 2 is 2.23 bits per heavy atom. The van der Waals surface area contributed by atoms with Crippen LogP contribution in [-0.2, 0) is 20.8 Å². The second-order valence-electron chi connectivity index (χ2n) is 9.00. The maximum absolute atomic E-state index is 12.8. The first-order valence-electron chi connectivity index (χ1n) is 11.3. The number of methoxy groups -OCH3 is 1. The van der Waals surface area contributed by atoms with Crippen molar-refractivity contribution in [3.63, 3.8) is 0 Å². The molecular formula is C22H33N5O3. The van der Waals surface area contributed by atoms with Crippen molar-refractivity contribution in [3.8, 4) is 0 Å². The van der Waals surface area contributed by atoms with Gasteiger partial charge in [-0.3, -0.25) is 20.4 Å². The molecule has 4 atom stereocenters. The zero-order valence-electron chi connectivity index (χ0n) is 17.7. The molecule has 5 rings (SSSR count). The molecule has 3 unspecified atom stereocenters. The number of nitrogens with zero attached hydrogens (tertiary/aromatic N) is 1. The van der Waals surface area contributed by atoms with Crippen molar-refractivity contribution in [2.24, 2.45) is 11.8 Å². The molecule has 0 radical (unpaired) electrons. The Kier molecular flexibility index (Phi) is 6.04. The summed E-state index contributed by atoms with van der Waals surface area (Å²) in [5, 5.41) is 8.97. The Morgan fingerprint density at radius 3 is 3.07 bits per heavy atom. The van der Waals surface area contributed by atoms with Gasteiger partial charge in [-0.2, -0.15) is 5.48 Å². The van der Waals surface area contributed by atoms with Crippen LogP contribution in [0, 0.1) is 11.8 Å². The molecule has 0 bridgehead atoms. The Balaban J connectivity index is 1.15. The first-order valence-corrected chi connectivity index (χ1v) is 11.3. The van der Waals surface area contributed by atoms with E-state index in [1.165, 1.54) is 29.5 Å². The summed E-state index contributed by atoms with van der Waals surface area (Å²) in [6, 6.07) is 6.71. The van der Waals surface area contributed by atoms with E-state index in [0.717, 1.165) is 39.0 Å². The van der Waals surface area contributed by atoms with E-state index in [9.17, 15) is 4.79 Å². The van der Waals surface area contributed by atoms with Gasteiger partial charge in [0.05, 0.1) is 12.0 Å². The fraction of sp³-hybridized carbons (Fsp3) is 0.682. The topological polar surface area (TPSA) is 86.9 Å². The molecule has 8 nitrogen and oxygen atoms in total. The third-order valence-corrected chi connectivity index (χ3v) is 6.74. The molecule has 30 heavy (non-hydrogen) atoms. The molecule has 3 fully saturated rings. The van der Waals surface area contributed by atoms with E-state index in [1.807, 2.05) is 0 Å². The lowest BCUT2D eigenvalue weighted by Gasteiger charge is -2.18. The normalized spacial score (nSPS) is 31.2. The highest BCUT2D eigenvalue weighted by atomic mass is 16.7. The lowest BCUT2D eigenvalue weighted by atomic mass is 10.0. The van der Waals surface area contributed by atoms with Gasteiger partial charge in [-0.25, -0.2) is 5.01 Å². The van der Waals surface area contributed by atoms with Crippen molar-refractivity contribution >= 4 is 5.91 Å². The van der Waals surface area contributed by atoms with E-state index in [2.05, 4.69) is 44.7 Å². The quantitative estimate of drug-likeness (QED) is 0.474. The Hall–Kier alpha value is -1.55. The van der Waals surface area contributed by atoms with Crippen molar-refractivity contribution in [2.75, 3.05) is 33.4 Å². The van der Waals surface area contributed by atoms with Gasteiger partial charge in [0.15, 0.2) is 0 Å². The molecule has 8 heteroatoms. The van der Waals surface area contributed by atoms with Crippen molar-refractivity contribution in [1.29, 1.82) is 0 Å². The highest BCUT2D eigenvalue weighted by Gasteiger charge is 2.38. The third kappa shape index (κ3) is 4.39. The molecule has 4 N–H and O–H groups in total. The van der Waals surface area contributed by atoms with E-state index in [1.54, 1.807) is 7.11 Å². The fourth-order valence-corrected chi connectivity index (χ4v) is 4.81. The number of amides is 1. The van der Waals surface area contributed by atoms with Crippen LogP contribution in [0.3, 0.4) is 0 Å². The predicted octanol–water partition coefficient (Wildman–Crippen LogP) is 1.12. The molecule has 2 aliphatic carbocycles. The number of hydrogen-bond donors (Lipinski definition) is 4. The summed E-state index contributed by atoms with van der Waals surface area (Å²) in [4.78, 5) is 18.5. The lowest BCUT2D eigenvalue weighted by Crippen LogP contribution is -2.36. The monoisotopic (exact) mass is 415 g/mol. The van der Waals surface area contributed by atoms with E-state index in [4.69, 9.17) is 9.57 Å². The number of benzene rings is 1.